The van der Waals surface area contributed by atoms with Gasteiger partial charge in [0.05, 0.1) is 24.4 Å². The van der Waals surface area contributed by atoms with Crippen LogP contribution in [0.5, 0.6) is 0 Å². The highest BCUT2D eigenvalue weighted by molar-refractivity contribution is 5.78. The van der Waals surface area contributed by atoms with Crippen molar-refractivity contribution in [3.05, 3.63) is 11.6 Å². The number of nitrogens with one attached hydrogen (secondary N) is 3. The van der Waals surface area contributed by atoms with E-state index in [0.717, 1.165) is 6.42 Å². The second kappa shape index (κ2) is 12.0. The first-order valence-corrected chi connectivity index (χ1v) is 12.6. The molecule has 0 radical (unpaired) electrons. The van der Waals surface area contributed by atoms with Gasteiger partial charge in [-0.1, -0.05) is 11.6 Å². The quantitative estimate of drug-likeness (QED) is 0.241. The first kappa shape index (κ1) is 27.8. The molecule has 4 atom stereocenters. The number of methoxy groups -OCH3 is 1. The minimum absolute atomic E-state index is 0.00908. The molecule has 3 N–H and O–H groups in total. The van der Waals surface area contributed by atoms with Crippen LogP contribution >= 0.6 is 0 Å². The summed E-state index contributed by atoms with van der Waals surface area (Å²) in [6.07, 6.45) is 5.13. The van der Waals surface area contributed by atoms with Gasteiger partial charge in [-0.25, -0.2) is 4.79 Å². The number of ether oxygens (including phenoxy) is 4. The molecular weight excluding hydrogens is 457 g/mol. The predicted molar refractivity (Wildman–Crippen MR) is 128 cm³/mol. The number of hydrogen-bond donors (Lipinski definition) is 3. The van der Waals surface area contributed by atoms with Crippen LogP contribution in [0.3, 0.4) is 0 Å². The molecule has 3 unspecified atom stereocenters. The number of hydrogen-bond acceptors (Lipinski definition) is 7. The van der Waals surface area contributed by atoms with Gasteiger partial charge >= 0.3 is 6.09 Å². The lowest BCUT2D eigenvalue weighted by Gasteiger charge is -2.47. The summed E-state index contributed by atoms with van der Waals surface area (Å²) >= 11 is 0. The van der Waals surface area contributed by atoms with Crippen molar-refractivity contribution in [2.24, 2.45) is 5.92 Å². The van der Waals surface area contributed by atoms with Crippen LogP contribution in [-0.4, -0.2) is 74.4 Å². The van der Waals surface area contributed by atoms with E-state index < -0.39 is 17.8 Å². The van der Waals surface area contributed by atoms with Crippen LogP contribution in [0.2, 0.25) is 0 Å². The molecule has 9 nitrogen and oxygen atoms in total. The fourth-order valence-electron chi connectivity index (χ4n) is 5.65. The monoisotopic (exact) mass is 499 g/mol. The van der Waals surface area contributed by atoms with Gasteiger partial charge in [-0.15, -0.1) is 10.0 Å². The first-order chi connectivity index (χ1) is 16.6. The Balaban J connectivity index is 1.54. The van der Waals surface area contributed by atoms with Crippen molar-refractivity contribution in [2.75, 3.05) is 26.9 Å². The number of carbonyl (C=O) groups is 2. The normalized spacial score (nSPS) is 32.6. The average molecular weight is 500 g/mol. The number of alkyl carbamates (subject to hydrolysis) is 1. The molecule has 1 aliphatic heterocycles. The number of rotatable bonds is 10. The molecule has 3 rings (SSSR count). The van der Waals surface area contributed by atoms with E-state index in [2.05, 4.69) is 24.5 Å². The molecule has 200 valence electrons. The third-order valence-corrected chi connectivity index (χ3v) is 7.50. The van der Waals surface area contributed by atoms with Crippen molar-refractivity contribution < 1.29 is 33.0 Å². The van der Waals surface area contributed by atoms with Crippen LogP contribution in [0, 0.1) is 5.92 Å². The van der Waals surface area contributed by atoms with Crippen molar-refractivity contribution in [3.8, 4) is 0 Å². The third-order valence-electron chi connectivity index (χ3n) is 7.50. The SMILES string of the molecule is COC1C(OC(=O)N[C@H]2CC[C@H](NC(=O)CNF)CC2)CC[C@]2(CO2)C1C(C)(C)OCC=C(C)C. The Bertz CT molecular complexity index is 760. The predicted octanol–water partition coefficient (Wildman–Crippen LogP) is 2.94. The molecule has 0 aromatic heterocycles. The largest absolute Gasteiger partial charge is 0.443 e. The van der Waals surface area contributed by atoms with Gasteiger partial charge in [0.2, 0.25) is 5.91 Å². The maximum atomic E-state index is 12.8. The van der Waals surface area contributed by atoms with E-state index in [-0.39, 0.29) is 42.2 Å². The van der Waals surface area contributed by atoms with E-state index in [1.54, 1.807) is 7.11 Å². The summed E-state index contributed by atoms with van der Waals surface area (Å²) < 4.78 is 36.1. The molecule has 35 heavy (non-hydrogen) atoms. The standard InChI is InChI=1S/C25H42FN3O6/c1-16(2)11-13-33-24(3,4)22-21(32-5)19(10-12-25(22)15-34-25)35-23(31)29-18-8-6-17(7-9-18)28-20(30)14-27-26/h11,17-19,21-22,27H,6-10,12-15H2,1-5H3,(H,28,30)(H,29,31)/t17-,18-,19?,21?,22?,25-/m0/s1. The second-order valence-corrected chi connectivity index (χ2v) is 10.8. The highest BCUT2D eigenvalue weighted by Crippen LogP contribution is 2.52. The van der Waals surface area contributed by atoms with Crippen LogP contribution < -0.4 is 16.2 Å². The van der Waals surface area contributed by atoms with Crippen LogP contribution in [0.15, 0.2) is 11.6 Å². The Morgan fingerprint density at radius 3 is 2.29 bits per heavy atom. The van der Waals surface area contributed by atoms with Crippen LogP contribution in [0.1, 0.15) is 66.2 Å². The Hall–Kier alpha value is -1.75. The molecule has 0 aromatic rings. The van der Waals surface area contributed by atoms with E-state index in [0.29, 0.717) is 45.3 Å². The van der Waals surface area contributed by atoms with Gasteiger partial charge in [0, 0.05) is 25.1 Å². The van der Waals surface area contributed by atoms with Gasteiger partial charge in [-0.05, 0) is 66.2 Å². The van der Waals surface area contributed by atoms with E-state index in [4.69, 9.17) is 18.9 Å². The maximum absolute atomic E-state index is 12.8. The minimum Gasteiger partial charge on any atom is -0.443 e. The van der Waals surface area contributed by atoms with Gasteiger partial charge in [-0.3, -0.25) is 4.79 Å². The van der Waals surface area contributed by atoms with Crippen LogP contribution in [0.25, 0.3) is 0 Å². The minimum atomic E-state index is -0.540. The van der Waals surface area contributed by atoms with Crippen molar-refractivity contribution in [2.45, 2.75) is 102 Å². The van der Waals surface area contributed by atoms with Crippen molar-refractivity contribution in [3.63, 3.8) is 0 Å². The van der Waals surface area contributed by atoms with Gasteiger partial charge in [0.15, 0.2) is 0 Å². The van der Waals surface area contributed by atoms with Gasteiger partial charge in [0.25, 0.3) is 0 Å². The zero-order valence-electron chi connectivity index (χ0n) is 21.7. The Morgan fingerprint density at radius 1 is 1.11 bits per heavy atom. The molecule has 3 fully saturated rings. The smallest absolute Gasteiger partial charge is 0.407 e. The number of amides is 2. The molecule has 3 aliphatic rings. The zero-order valence-corrected chi connectivity index (χ0v) is 21.7. The van der Waals surface area contributed by atoms with Crippen LogP contribution in [0.4, 0.5) is 9.28 Å². The van der Waals surface area contributed by atoms with Gasteiger partial charge in [0.1, 0.15) is 18.8 Å². The number of carbonyl (C=O) groups excluding carboxylic acids is 2. The van der Waals surface area contributed by atoms with Crippen molar-refractivity contribution >= 4 is 12.0 Å². The highest BCUT2D eigenvalue weighted by atomic mass is 19.2. The zero-order chi connectivity index (χ0) is 25.6. The van der Waals surface area contributed by atoms with Crippen molar-refractivity contribution in [1.29, 1.82) is 0 Å². The Kier molecular flexibility index (Phi) is 9.53. The summed E-state index contributed by atoms with van der Waals surface area (Å²) in [6.45, 7) is 8.98. The van der Waals surface area contributed by atoms with E-state index >= 15 is 0 Å². The lowest BCUT2D eigenvalue weighted by atomic mass is 9.68. The summed E-state index contributed by atoms with van der Waals surface area (Å²) in [5.41, 5.74) is 1.71. The topological polar surface area (TPSA) is 110 Å². The molecule has 2 saturated carbocycles. The first-order valence-electron chi connectivity index (χ1n) is 12.6. The van der Waals surface area contributed by atoms with Crippen molar-refractivity contribution in [1.82, 2.24) is 16.2 Å². The molecule has 0 aromatic carbocycles. The fourth-order valence-corrected chi connectivity index (χ4v) is 5.65. The number of halogens is 1. The fraction of sp³-hybridized carbons (Fsp3) is 0.840. The molecule has 1 saturated heterocycles. The molecule has 2 amide bonds. The molecular formula is C25H42FN3O6. The van der Waals surface area contributed by atoms with E-state index in [1.165, 1.54) is 11.1 Å². The van der Waals surface area contributed by atoms with Crippen LogP contribution in [-0.2, 0) is 23.7 Å². The maximum Gasteiger partial charge on any atom is 0.407 e. The lowest BCUT2D eigenvalue weighted by Crippen LogP contribution is -2.59. The second-order valence-electron chi connectivity index (χ2n) is 10.8. The van der Waals surface area contributed by atoms with E-state index in [1.807, 2.05) is 19.9 Å². The lowest BCUT2D eigenvalue weighted by molar-refractivity contribution is -0.172. The summed E-state index contributed by atoms with van der Waals surface area (Å²) in [5, 5.41) is 5.77. The highest BCUT2D eigenvalue weighted by Gasteiger charge is 2.64. The average Bonchev–Trinajstić information content (AvgIpc) is 3.55. The third kappa shape index (κ3) is 7.38. The summed E-state index contributed by atoms with van der Waals surface area (Å²) in [6, 6.07) is -0.0394. The Labute approximate surface area is 207 Å². The molecule has 2 aliphatic carbocycles. The number of allylic oxidation sites excluding steroid dienone is 1. The number of epoxide rings is 1. The molecule has 1 spiro atoms. The molecule has 1 heterocycles. The summed E-state index contributed by atoms with van der Waals surface area (Å²) in [7, 11) is 1.65. The molecule has 10 heteroatoms. The van der Waals surface area contributed by atoms with Gasteiger partial charge in [-0.2, -0.15) is 0 Å². The molecule has 0 bridgehead atoms. The summed E-state index contributed by atoms with van der Waals surface area (Å²) in [5.74, 6) is -0.457. The Morgan fingerprint density at radius 2 is 1.74 bits per heavy atom. The van der Waals surface area contributed by atoms with Gasteiger partial charge < -0.3 is 29.6 Å². The summed E-state index contributed by atoms with van der Waals surface area (Å²) in [4.78, 5) is 24.3. The van der Waals surface area contributed by atoms with E-state index in [9.17, 15) is 14.1 Å².